The van der Waals surface area contributed by atoms with E-state index in [2.05, 4.69) is 0 Å². The molecule has 1 nitrogen and oxygen atoms in total. The van der Waals surface area contributed by atoms with Gasteiger partial charge in [0.2, 0.25) is 0 Å². The van der Waals surface area contributed by atoms with Crippen LogP contribution in [0.4, 0.5) is 0 Å². The lowest BCUT2D eigenvalue weighted by Crippen LogP contribution is -1.74. The fraction of sp³-hybridized carbons (Fsp3) is 0. The van der Waals surface area contributed by atoms with Gasteiger partial charge in [-0.2, -0.15) is 0 Å². The van der Waals surface area contributed by atoms with E-state index >= 15 is 0 Å². The van der Waals surface area contributed by atoms with Crippen LogP contribution >= 0.6 is 0 Å². The van der Waals surface area contributed by atoms with Gasteiger partial charge in [0, 0.05) is 0 Å². The largest absolute Gasteiger partial charge is 0.508 e. The first-order valence-corrected chi connectivity index (χ1v) is 4.21. The van der Waals surface area contributed by atoms with Gasteiger partial charge in [-0.15, -0.1) is 0 Å². The van der Waals surface area contributed by atoms with Crippen LogP contribution in [0.3, 0.4) is 0 Å². The molecule has 0 aliphatic rings. The molecule has 0 aliphatic carbocycles. The van der Waals surface area contributed by atoms with Crippen molar-refractivity contribution in [3.8, 4) is 16.9 Å². The van der Waals surface area contributed by atoms with Crippen molar-refractivity contribution in [3.05, 3.63) is 54.6 Å². The summed E-state index contributed by atoms with van der Waals surface area (Å²) in [6.07, 6.45) is 0. The second-order valence-corrected chi connectivity index (χ2v) is 2.91. The van der Waals surface area contributed by atoms with E-state index in [-0.39, 0.29) is 17.4 Å². The average Bonchev–Trinajstić information content (AvgIpc) is 2.20. The number of phenolic OH excluding ortho intramolecular Hbond substituents is 1. The molecule has 0 fully saturated rings. The predicted molar refractivity (Wildman–Crippen MR) is 63.5 cm³/mol. The van der Waals surface area contributed by atoms with Gasteiger partial charge >= 0.3 is 0 Å². The van der Waals surface area contributed by atoms with Crippen LogP contribution < -0.4 is 0 Å². The Hall–Kier alpha value is -1.23. The standard InChI is InChI=1S/C12H10O.Al.3H/c13-12-8-6-11(7-9-12)10-4-2-1-3-5-10;;;;/h1-9,13H;;;;. The summed E-state index contributed by atoms with van der Waals surface area (Å²) in [5.41, 5.74) is 2.29. The summed E-state index contributed by atoms with van der Waals surface area (Å²) in [5, 5.41) is 9.10. The summed E-state index contributed by atoms with van der Waals surface area (Å²) in [6.45, 7) is 0. The van der Waals surface area contributed by atoms with E-state index in [0.717, 1.165) is 5.56 Å². The lowest BCUT2D eigenvalue weighted by atomic mass is 10.1. The van der Waals surface area contributed by atoms with Crippen molar-refractivity contribution < 1.29 is 5.11 Å². The third kappa shape index (κ3) is 2.38. The van der Waals surface area contributed by atoms with E-state index < -0.39 is 0 Å². The van der Waals surface area contributed by atoms with E-state index in [0.29, 0.717) is 5.75 Å². The molecular weight excluding hydrogens is 187 g/mol. The summed E-state index contributed by atoms with van der Waals surface area (Å²) >= 11 is 0. The summed E-state index contributed by atoms with van der Waals surface area (Å²) < 4.78 is 0. The van der Waals surface area contributed by atoms with Gasteiger partial charge in [-0.1, -0.05) is 42.5 Å². The van der Waals surface area contributed by atoms with E-state index in [4.69, 9.17) is 5.11 Å². The maximum absolute atomic E-state index is 9.10. The van der Waals surface area contributed by atoms with Gasteiger partial charge in [-0.05, 0) is 23.3 Å². The minimum absolute atomic E-state index is 0. The second-order valence-electron chi connectivity index (χ2n) is 2.91. The molecule has 0 spiro atoms. The minimum Gasteiger partial charge on any atom is -0.508 e. The lowest BCUT2D eigenvalue weighted by Gasteiger charge is -2.00. The molecule has 70 valence electrons. The quantitative estimate of drug-likeness (QED) is 0.697. The van der Waals surface area contributed by atoms with Crippen molar-refractivity contribution in [2.24, 2.45) is 0 Å². The maximum atomic E-state index is 9.10. The summed E-state index contributed by atoms with van der Waals surface area (Å²) in [5.74, 6) is 0.305. The van der Waals surface area contributed by atoms with Gasteiger partial charge < -0.3 is 5.11 Å². The molecule has 0 saturated carbocycles. The van der Waals surface area contributed by atoms with Crippen LogP contribution in [0.1, 0.15) is 0 Å². The highest BCUT2D eigenvalue weighted by molar-refractivity contribution is 5.75. The van der Waals surface area contributed by atoms with Crippen LogP contribution in [0.2, 0.25) is 0 Å². The molecule has 0 bridgehead atoms. The zero-order valence-corrected chi connectivity index (χ0v) is 7.14. The normalized spacial score (nSPS) is 9.14. The molecule has 14 heavy (non-hydrogen) atoms. The Morgan fingerprint density at radius 1 is 0.643 bits per heavy atom. The van der Waals surface area contributed by atoms with Gasteiger partial charge in [0.15, 0.2) is 17.4 Å². The molecule has 0 saturated heterocycles. The maximum Gasteiger partial charge on any atom is 0.187 e. The SMILES string of the molecule is Oc1ccc(-c2ccccc2)cc1.[AlH3]. The second kappa shape index (κ2) is 4.86. The van der Waals surface area contributed by atoms with E-state index in [1.165, 1.54) is 5.56 Å². The Bertz CT molecular complexity index is 381. The number of phenols is 1. The fourth-order valence-electron chi connectivity index (χ4n) is 1.28. The van der Waals surface area contributed by atoms with Crippen molar-refractivity contribution in [3.63, 3.8) is 0 Å². The third-order valence-corrected chi connectivity index (χ3v) is 1.97. The summed E-state index contributed by atoms with van der Waals surface area (Å²) in [6, 6.07) is 17.3. The van der Waals surface area contributed by atoms with Crippen molar-refractivity contribution in [1.82, 2.24) is 0 Å². The van der Waals surface area contributed by atoms with Crippen LogP contribution in [-0.4, -0.2) is 22.5 Å². The van der Waals surface area contributed by atoms with Gasteiger partial charge in [0.05, 0.1) is 0 Å². The zero-order chi connectivity index (χ0) is 9.10. The molecule has 0 aliphatic heterocycles. The van der Waals surface area contributed by atoms with Crippen molar-refractivity contribution in [1.29, 1.82) is 0 Å². The highest BCUT2D eigenvalue weighted by atomic mass is 27.0. The van der Waals surface area contributed by atoms with Gasteiger partial charge in [0.25, 0.3) is 0 Å². The molecular formula is C12H13AlO. The molecule has 2 aromatic rings. The monoisotopic (exact) mass is 200 g/mol. The van der Waals surface area contributed by atoms with E-state index in [1.54, 1.807) is 12.1 Å². The highest BCUT2D eigenvalue weighted by Gasteiger charge is 1.94. The Morgan fingerprint density at radius 3 is 1.71 bits per heavy atom. The van der Waals surface area contributed by atoms with Gasteiger partial charge in [-0.25, -0.2) is 0 Å². The van der Waals surface area contributed by atoms with Crippen molar-refractivity contribution in [2.45, 2.75) is 0 Å². The van der Waals surface area contributed by atoms with Gasteiger partial charge in [0.1, 0.15) is 5.75 Å². The molecule has 0 atom stereocenters. The number of rotatable bonds is 1. The molecule has 0 radical (unpaired) electrons. The van der Waals surface area contributed by atoms with Crippen LogP contribution in [0.15, 0.2) is 54.6 Å². The van der Waals surface area contributed by atoms with E-state index in [1.807, 2.05) is 42.5 Å². The molecule has 0 amide bonds. The number of aromatic hydroxyl groups is 1. The first-order chi connectivity index (χ1) is 6.36. The fourth-order valence-corrected chi connectivity index (χ4v) is 1.28. The van der Waals surface area contributed by atoms with Crippen LogP contribution in [0.5, 0.6) is 5.75 Å². The predicted octanol–water partition coefficient (Wildman–Crippen LogP) is 1.88. The Morgan fingerprint density at radius 2 is 1.14 bits per heavy atom. The molecule has 2 aromatic carbocycles. The lowest BCUT2D eigenvalue weighted by molar-refractivity contribution is 0.475. The molecule has 0 heterocycles. The molecule has 1 N–H and O–H groups in total. The Labute approximate surface area is 94.2 Å². The molecule has 2 rings (SSSR count). The molecule has 0 unspecified atom stereocenters. The number of hydrogen-bond donors (Lipinski definition) is 1. The Kier molecular flexibility index (Phi) is 3.76. The summed E-state index contributed by atoms with van der Waals surface area (Å²) in [4.78, 5) is 0. The summed E-state index contributed by atoms with van der Waals surface area (Å²) in [7, 11) is 0. The van der Waals surface area contributed by atoms with Crippen molar-refractivity contribution >= 4 is 17.4 Å². The van der Waals surface area contributed by atoms with Crippen LogP contribution in [-0.2, 0) is 0 Å². The molecule has 2 heteroatoms. The third-order valence-electron chi connectivity index (χ3n) is 1.97. The first kappa shape index (κ1) is 10.9. The smallest absolute Gasteiger partial charge is 0.187 e. The average molecular weight is 200 g/mol. The molecule has 0 aromatic heterocycles. The number of benzene rings is 2. The number of hydrogen-bond acceptors (Lipinski definition) is 1. The first-order valence-electron chi connectivity index (χ1n) is 4.21. The van der Waals surface area contributed by atoms with Crippen molar-refractivity contribution in [2.75, 3.05) is 0 Å². The highest BCUT2D eigenvalue weighted by Crippen LogP contribution is 2.20. The van der Waals surface area contributed by atoms with E-state index in [9.17, 15) is 0 Å². The van der Waals surface area contributed by atoms with Crippen LogP contribution in [0, 0.1) is 0 Å². The van der Waals surface area contributed by atoms with Gasteiger partial charge in [-0.3, -0.25) is 0 Å². The topological polar surface area (TPSA) is 20.2 Å². The van der Waals surface area contributed by atoms with Crippen LogP contribution in [0.25, 0.3) is 11.1 Å². The zero-order valence-electron chi connectivity index (χ0n) is 7.14. The minimum atomic E-state index is 0. The Balaban J connectivity index is 0.000000980.